The molecule has 39 heavy (non-hydrogen) atoms. The number of allylic oxidation sites excluding steroid dienone is 2. The van der Waals surface area contributed by atoms with E-state index in [0.717, 1.165) is 23.0 Å². The second kappa shape index (κ2) is 10.2. The molecule has 0 atom stereocenters. The summed E-state index contributed by atoms with van der Waals surface area (Å²) >= 11 is 0. The average molecular weight is 526 g/mol. The third-order valence-electron chi connectivity index (χ3n) is 6.37. The van der Waals surface area contributed by atoms with Gasteiger partial charge in [-0.25, -0.2) is 9.97 Å². The van der Waals surface area contributed by atoms with Gasteiger partial charge in [0.15, 0.2) is 0 Å². The van der Waals surface area contributed by atoms with E-state index in [9.17, 15) is 14.4 Å². The van der Waals surface area contributed by atoms with Gasteiger partial charge in [-0.05, 0) is 56.3 Å². The Bertz CT molecular complexity index is 1770. The van der Waals surface area contributed by atoms with Crippen LogP contribution in [-0.2, 0) is 19.6 Å². The summed E-state index contributed by atoms with van der Waals surface area (Å²) in [6, 6.07) is 11.9. The van der Waals surface area contributed by atoms with Crippen molar-refractivity contribution in [3.63, 3.8) is 0 Å². The summed E-state index contributed by atoms with van der Waals surface area (Å²) in [4.78, 5) is 44.8. The lowest BCUT2D eigenvalue weighted by Gasteiger charge is -2.09. The number of aldehydes is 1. The topological polar surface area (TPSA) is 169 Å². The third kappa shape index (κ3) is 4.87. The summed E-state index contributed by atoms with van der Waals surface area (Å²) in [6.45, 7) is 5.11. The summed E-state index contributed by atoms with van der Waals surface area (Å²) in [5, 5.41) is 7.25. The largest absolute Gasteiger partial charge is 0.369 e. The predicted molar refractivity (Wildman–Crippen MR) is 148 cm³/mol. The number of aryl methyl sites for hydroxylation is 2. The van der Waals surface area contributed by atoms with Gasteiger partial charge in [0, 0.05) is 30.8 Å². The van der Waals surface area contributed by atoms with Crippen molar-refractivity contribution >= 4 is 52.1 Å². The number of aromatic nitrogens is 6. The minimum absolute atomic E-state index is 0.307. The number of carbonyl (C=O) groups excluding carboxylic acids is 3. The molecule has 198 valence electrons. The second-order valence-corrected chi connectivity index (χ2v) is 8.97. The zero-order valence-corrected chi connectivity index (χ0v) is 21.5. The number of benzene rings is 2. The molecule has 12 heteroatoms. The van der Waals surface area contributed by atoms with Gasteiger partial charge in [-0.1, -0.05) is 12.2 Å². The van der Waals surface area contributed by atoms with Gasteiger partial charge in [-0.15, -0.1) is 0 Å². The first-order valence-electron chi connectivity index (χ1n) is 12.3. The minimum atomic E-state index is -0.532. The van der Waals surface area contributed by atoms with E-state index in [0.29, 0.717) is 59.4 Å². The Morgan fingerprint density at radius 3 is 2.38 bits per heavy atom. The normalized spacial score (nSPS) is 11.5. The molecule has 2 amide bonds. The number of primary amides is 1. The van der Waals surface area contributed by atoms with Gasteiger partial charge in [-0.2, -0.15) is 5.10 Å². The maximum Gasteiger partial charge on any atom is 0.276 e. The van der Waals surface area contributed by atoms with Crippen molar-refractivity contribution in [2.24, 2.45) is 5.73 Å². The van der Waals surface area contributed by atoms with E-state index >= 15 is 0 Å². The maximum atomic E-state index is 13.1. The summed E-state index contributed by atoms with van der Waals surface area (Å²) in [5.41, 5.74) is 16.2. The number of nitrogens with zero attached hydrogens (tertiary/aromatic N) is 6. The standard InChI is InChI=1S/C27H27N9O3/c1-3-36-23(12-16(2)33-36)25(39)32-27-31-19-13-17(15-37)6-8-22(19)35(27)11-5-4-10-34-21-9-7-18(24(28)38)14-20(21)30-26(34)29/h4-9,12-15H,3,10-11H2,1-2H3,(H2,28,38)(H2,29,30)(H,31,32,39)/b5-4+. The molecule has 0 saturated carbocycles. The van der Waals surface area contributed by atoms with E-state index < -0.39 is 5.91 Å². The fraction of sp³-hybridized carbons (Fsp3) is 0.185. The molecule has 0 spiro atoms. The number of nitrogen functional groups attached to an aromatic ring is 1. The number of fused-ring (bicyclic) bond motifs is 2. The van der Waals surface area contributed by atoms with E-state index in [4.69, 9.17) is 11.5 Å². The Balaban J connectivity index is 1.42. The van der Waals surface area contributed by atoms with Crippen LogP contribution >= 0.6 is 0 Å². The molecular formula is C27H27N9O3. The summed E-state index contributed by atoms with van der Waals surface area (Å²) in [5.74, 6) is -0.214. The smallest absolute Gasteiger partial charge is 0.276 e. The fourth-order valence-corrected chi connectivity index (χ4v) is 4.49. The van der Waals surface area contributed by atoms with Crippen LogP contribution in [0, 0.1) is 6.92 Å². The highest BCUT2D eigenvalue weighted by Gasteiger charge is 2.18. The molecule has 2 aromatic carbocycles. The van der Waals surface area contributed by atoms with Crippen LogP contribution in [-0.4, -0.2) is 47.0 Å². The van der Waals surface area contributed by atoms with Crippen LogP contribution in [0.15, 0.2) is 54.6 Å². The highest BCUT2D eigenvalue weighted by Crippen LogP contribution is 2.23. The molecule has 0 saturated heterocycles. The van der Waals surface area contributed by atoms with E-state index in [1.165, 1.54) is 0 Å². The van der Waals surface area contributed by atoms with Crippen LogP contribution in [0.5, 0.6) is 0 Å². The molecule has 0 fully saturated rings. The van der Waals surface area contributed by atoms with Crippen molar-refractivity contribution < 1.29 is 14.4 Å². The van der Waals surface area contributed by atoms with E-state index in [1.54, 1.807) is 47.1 Å². The van der Waals surface area contributed by atoms with Crippen molar-refractivity contribution in [2.45, 2.75) is 33.5 Å². The van der Waals surface area contributed by atoms with Gasteiger partial charge in [0.25, 0.3) is 5.91 Å². The van der Waals surface area contributed by atoms with Crippen molar-refractivity contribution in [2.75, 3.05) is 11.1 Å². The Kier molecular flexibility index (Phi) is 6.67. The Hall–Kier alpha value is -5.26. The maximum absolute atomic E-state index is 13.1. The van der Waals surface area contributed by atoms with Crippen molar-refractivity contribution in [3.05, 3.63) is 77.1 Å². The van der Waals surface area contributed by atoms with E-state index in [-0.39, 0.29) is 5.91 Å². The SMILES string of the molecule is CCn1nc(C)cc1C(=O)Nc1nc2cc(C=O)ccc2n1C/C=C/Cn1c(N)nc2cc(C(N)=O)ccc21. The highest BCUT2D eigenvalue weighted by atomic mass is 16.2. The van der Waals surface area contributed by atoms with Crippen LogP contribution in [0.25, 0.3) is 22.1 Å². The number of carbonyl (C=O) groups is 3. The van der Waals surface area contributed by atoms with Crippen molar-refractivity contribution in [1.82, 2.24) is 28.9 Å². The van der Waals surface area contributed by atoms with Crippen LogP contribution in [0.2, 0.25) is 0 Å². The fourth-order valence-electron chi connectivity index (χ4n) is 4.49. The summed E-state index contributed by atoms with van der Waals surface area (Å²) < 4.78 is 5.30. The minimum Gasteiger partial charge on any atom is -0.369 e. The van der Waals surface area contributed by atoms with Crippen LogP contribution in [0.4, 0.5) is 11.9 Å². The zero-order chi connectivity index (χ0) is 27.7. The quantitative estimate of drug-likeness (QED) is 0.196. The number of amides is 2. The molecule has 3 aromatic heterocycles. The first-order valence-corrected chi connectivity index (χ1v) is 12.3. The summed E-state index contributed by atoms with van der Waals surface area (Å²) in [7, 11) is 0. The molecular weight excluding hydrogens is 498 g/mol. The molecule has 0 unspecified atom stereocenters. The van der Waals surface area contributed by atoms with Gasteiger partial charge in [-0.3, -0.25) is 24.4 Å². The van der Waals surface area contributed by atoms with Crippen molar-refractivity contribution in [1.29, 1.82) is 0 Å². The number of imidazole rings is 2. The van der Waals surface area contributed by atoms with E-state index in [1.807, 2.05) is 35.1 Å². The van der Waals surface area contributed by atoms with Crippen LogP contribution in [0.1, 0.15) is 43.8 Å². The molecule has 0 radical (unpaired) electrons. The molecule has 12 nitrogen and oxygen atoms in total. The van der Waals surface area contributed by atoms with Gasteiger partial charge in [0.2, 0.25) is 17.8 Å². The number of nitrogens with two attached hydrogens (primary N) is 2. The van der Waals surface area contributed by atoms with Gasteiger partial charge < -0.3 is 20.6 Å². The zero-order valence-electron chi connectivity index (χ0n) is 21.5. The Morgan fingerprint density at radius 1 is 0.974 bits per heavy atom. The van der Waals surface area contributed by atoms with Gasteiger partial charge in [0.05, 0.1) is 27.8 Å². The third-order valence-corrected chi connectivity index (χ3v) is 6.37. The molecule has 5 N–H and O–H groups in total. The monoisotopic (exact) mass is 525 g/mol. The molecule has 0 bridgehead atoms. The Morgan fingerprint density at radius 2 is 1.67 bits per heavy atom. The first-order chi connectivity index (χ1) is 18.8. The highest BCUT2D eigenvalue weighted by molar-refractivity contribution is 6.03. The lowest BCUT2D eigenvalue weighted by Crippen LogP contribution is -2.19. The number of anilines is 2. The molecule has 0 aliphatic carbocycles. The lowest BCUT2D eigenvalue weighted by molar-refractivity contribution is 0.0996. The van der Waals surface area contributed by atoms with Crippen molar-refractivity contribution in [3.8, 4) is 0 Å². The number of hydrogen-bond acceptors (Lipinski definition) is 7. The van der Waals surface area contributed by atoms with Gasteiger partial charge >= 0.3 is 0 Å². The van der Waals surface area contributed by atoms with Gasteiger partial charge in [0.1, 0.15) is 12.0 Å². The average Bonchev–Trinajstić information content (AvgIpc) is 3.57. The number of nitrogens with one attached hydrogen (secondary N) is 1. The molecule has 3 heterocycles. The predicted octanol–water partition coefficient (Wildman–Crippen LogP) is 2.91. The molecule has 0 aliphatic rings. The number of hydrogen-bond donors (Lipinski definition) is 3. The second-order valence-electron chi connectivity index (χ2n) is 8.97. The van der Waals surface area contributed by atoms with E-state index in [2.05, 4.69) is 20.4 Å². The lowest BCUT2D eigenvalue weighted by atomic mass is 10.2. The van der Waals surface area contributed by atoms with Crippen LogP contribution in [0.3, 0.4) is 0 Å². The number of rotatable bonds is 9. The van der Waals surface area contributed by atoms with Crippen LogP contribution < -0.4 is 16.8 Å². The first kappa shape index (κ1) is 25.4. The Labute approximate surface area is 222 Å². The molecule has 5 rings (SSSR count). The summed E-state index contributed by atoms with van der Waals surface area (Å²) in [6.07, 6.45) is 4.60. The molecule has 5 aromatic rings. The molecule has 0 aliphatic heterocycles.